The minimum atomic E-state index is -0.862. The molecule has 6 nitrogen and oxygen atoms in total. The van der Waals surface area contributed by atoms with Crippen LogP contribution in [0.1, 0.15) is 54.2 Å². The van der Waals surface area contributed by atoms with Crippen LogP contribution >= 0.6 is 0 Å². The number of carboxylic acid groups (broad SMARTS) is 1. The number of carbonyl (C=O) groups excluding carboxylic acids is 1. The number of hydrogen-bond acceptors (Lipinski definition) is 3. The molecule has 0 radical (unpaired) electrons. The fourth-order valence-corrected chi connectivity index (χ4v) is 2.62. The van der Waals surface area contributed by atoms with Crippen molar-refractivity contribution in [1.29, 1.82) is 0 Å². The summed E-state index contributed by atoms with van der Waals surface area (Å²) >= 11 is 0. The molecule has 2 N–H and O–H groups in total. The van der Waals surface area contributed by atoms with Crippen molar-refractivity contribution in [2.45, 2.75) is 39.5 Å². The van der Waals surface area contributed by atoms with Crippen molar-refractivity contribution >= 4 is 11.9 Å². The van der Waals surface area contributed by atoms with Crippen molar-refractivity contribution in [2.75, 3.05) is 6.54 Å². The smallest absolute Gasteiger partial charge is 0.303 e. The van der Waals surface area contributed by atoms with Gasteiger partial charge in [-0.2, -0.15) is 5.10 Å². The van der Waals surface area contributed by atoms with Gasteiger partial charge in [0.05, 0.1) is 23.1 Å². The van der Waals surface area contributed by atoms with E-state index in [9.17, 15) is 9.59 Å². The van der Waals surface area contributed by atoms with Crippen molar-refractivity contribution < 1.29 is 14.7 Å². The van der Waals surface area contributed by atoms with Crippen LogP contribution in [0, 0.1) is 6.92 Å². The highest BCUT2D eigenvalue weighted by molar-refractivity contribution is 5.95. The van der Waals surface area contributed by atoms with Crippen molar-refractivity contribution in [2.24, 2.45) is 0 Å². The Labute approximate surface area is 141 Å². The minimum absolute atomic E-state index is 0.0415. The molecular formula is C18H23N3O3. The highest BCUT2D eigenvalue weighted by Crippen LogP contribution is 2.24. The first kappa shape index (κ1) is 17.7. The Morgan fingerprint density at radius 3 is 2.62 bits per heavy atom. The molecule has 2 rings (SSSR count). The van der Waals surface area contributed by atoms with Gasteiger partial charge in [0.2, 0.25) is 0 Å². The summed E-state index contributed by atoms with van der Waals surface area (Å²) in [6.07, 6.45) is 2.03. The first-order valence-electron chi connectivity index (χ1n) is 8.05. The zero-order chi connectivity index (χ0) is 17.7. The van der Waals surface area contributed by atoms with Crippen LogP contribution in [-0.4, -0.2) is 33.3 Å². The third-order valence-corrected chi connectivity index (χ3v) is 3.79. The molecule has 2 aromatic rings. The van der Waals surface area contributed by atoms with Crippen LogP contribution in [0.4, 0.5) is 0 Å². The number of nitrogens with zero attached hydrogens (tertiary/aromatic N) is 2. The van der Waals surface area contributed by atoms with Gasteiger partial charge in [0.25, 0.3) is 5.91 Å². The molecule has 24 heavy (non-hydrogen) atoms. The van der Waals surface area contributed by atoms with Crippen molar-refractivity contribution in [3.8, 4) is 5.69 Å². The Hall–Kier alpha value is -2.63. The maximum Gasteiger partial charge on any atom is 0.303 e. The van der Waals surface area contributed by atoms with E-state index in [1.165, 1.54) is 0 Å². The van der Waals surface area contributed by atoms with Crippen LogP contribution in [0.2, 0.25) is 0 Å². The predicted molar refractivity (Wildman–Crippen MR) is 91.6 cm³/mol. The van der Waals surface area contributed by atoms with E-state index in [0.717, 1.165) is 16.9 Å². The number of carboxylic acids is 1. The van der Waals surface area contributed by atoms with Gasteiger partial charge >= 0.3 is 5.97 Å². The molecule has 0 spiro atoms. The van der Waals surface area contributed by atoms with E-state index < -0.39 is 5.97 Å². The predicted octanol–water partition coefficient (Wildman–Crippen LogP) is 2.90. The summed E-state index contributed by atoms with van der Waals surface area (Å²) in [7, 11) is 0. The SMILES string of the molecule is Cc1ccccc1-n1ncc(C(=O)NCCCC(=O)O)c1C(C)C. The van der Waals surface area contributed by atoms with Gasteiger partial charge in [-0.15, -0.1) is 0 Å². The summed E-state index contributed by atoms with van der Waals surface area (Å²) in [5, 5.41) is 15.8. The number of hydrogen-bond donors (Lipinski definition) is 2. The van der Waals surface area contributed by atoms with E-state index in [2.05, 4.69) is 10.4 Å². The van der Waals surface area contributed by atoms with Crippen LogP contribution < -0.4 is 5.32 Å². The molecule has 1 aromatic carbocycles. The molecule has 0 unspecified atom stereocenters. The monoisotopic (exact) mass is 329 g/mol. The maximum absolute atomic E-state index is 12.4. The number of nitrogens with one attached hydrogen (secondary N) is 1. The standard InChI is InChI=1S/C18H23N3O3/c1-12(2)17-14(18(24)19-10-6-9-16(22)23)11-20-21(17)15-8-5-4-7-13(15)3/h4-5,7-8,11-12H,6,9-10H2,1-3H3,(H,19,24)(H,22,23). The second-order valence-corrected chi connectivity index (χ2v) is 6.05. The van der Waals surface area contributed by atoms with Gasteiger partial charge in [-0.3, -0.25) is 9.59 Å². The lowest BCUT2D eigenvalue weighted by Gasteiger charge is -2.14. The lowest BCUT2D eigenvalue weighted by atomic mass is 10.0. The van der Waals surface area contributed by atoms with Crippen LogP contribution in [-0.2, 0) is 4.79 Å². The van der Waals surface area contributed by atoms with E-state index in [-0.39, 0.29) is 18.2 Å². The maximum atomic E-state index is 12.4. The quantitative estimate of drug-likeness (QED) is 0.765. The minimum Gasteiger partial charge on any atom is -0.481 e. The van der Waals surface area contributed by atoms with Gasteiger partial charge < -0.3 is 10.4 Å². The molecule has 0 aliphatic heterocycles. The van der Waals surface area contributed by atoms with Crippen LogP contribution in [0.15, 0.2) is 30.5 Å². The van der Waals surface area contributed by atoms with Crippen LogP contribution in [0.25, 0.3) is 5.69 Å². The molecule has 0 atom stereocenters. The first-order valence-corrected chi connectivity index (χ1v) is 8.05. The van der Waals surface area contributed by atoms with Gasteiger partial charge in [0.1, 0.15) is 0 Å². The number of para-hydroxylation sites is 1. The molecule has 0 aliphatic rings. The normalized spacial score (nSPS) is 10.8. The summed E-state index contributed by atoms with van der Waals surface area (Å²) < 4.78 is 1.81. The topological polar surface area (TPSA) is 84.2 Å². The number of benzene rings is 1. The molecule has 1 amide bonds. The molecule has 1 heterocycles. The second kappa shape index (κ2) is 7.77. The zero-order valence-electron chi connectivity index (χ0n) is 14.2. The molecule has 6 heteroatoms. The summed E-state index contributed by atoms with van der Waals surface area (Å²) in [6, 6.07) is 7.89. The Balaban J connectivity index is 2.24. The third kappa shape index (κ3) is 4.01. The fourth-order valence-electron chi connectivity index (χ4n) is 2.62. The van der Waals surface area contributed by atoms with E-state index in [4.69, 9.17) is 5.11 Å². The molecule has 0 bridgehead atoms. The molecule has 0 fully saturated rings. The van der Waals surface area contributed by atoms with Crippen molar-refractivity contribution in [3.63, 3.8) is 0 Å². The van der Waals surface area contributed by atoms with Gasteiger partial charge in [-0.05, 0) is 30.9 Å². The summed E-state index contributed by atoms with van der Waals surface area (Å²) in [5.74, 6) is -0.963. The molecule has 0 aliphatic carbocycles. The van der Waals surface area contributed by atoms with Crippen LogP contribution in [0.5, 0.6) is 0 Å². The average molecular weight is 329 g/mol. The Kier molecular flexibility index (Phi) is 5.73. The molecule has 1 aromatic heterocycles. The summed E-state index contributed by atoms with van der Waals surface area (Å²) in [5.41, 5.74) is 3.41. The number of amides is 1. The first-order chi connectivity index (χ1) is 11.4. The number of aryl methyl sites for hydroxylation is 1. The average Bonchev–Trinajstić information content (AvgIpc) is 2.96. The van der Waals surface area contributed by atoms with Gasteiger partial charge in [0.15, 0.2) is 0 Å². The molecule has 0 saturated heterocycles. The Morgan fingerprint density at radius 1 is 1.29 bits per heavy atom. The summed E-state index contributed by atoms with van der Waals surface area (Å²) in [6.45, 7) is 6.38. The molecular weight excluding hydrogens is 306 g/mol. The number of carbonyl (C=O) groups is 2. The molecule has 0 saturated carbocycles. The number of aromatic nitrogens is 2. The number of aliphatic carboxylic acids is 1. The Bertz CT molecular complexity index is 735. The second-order valence-electron chi connectivity index (χ2n) is 6.05. The van der Waals surface area contributed by atoms with Gasteiger partial charge in [-0.25, -0.2) is 4.68 Å². The third-order valence-electron chi connectivity index (χ3n) is 3.79. The van der Waals surface area contributed by atoms with Gasteiger partial charge in [0, 0.05) is 13.0 Å². The lowest BCUT2D eigenvalue weighted by molar-refractivity contribution is -0.137. The van der Waals surface area contributed by atoms with Crippen molar-refractivity contribution in [1.82, 2.24) is 15.1 Å². The van der Waals surface area contributed by atoms with Crippen molar-refractivity contribution in [3.05, 3.63) is 47.3 Å². The number of rotatable bonds is 7. The van der Waals surface area contributed by atoms with E-state index in [1.807, 2.05) is 49.7 Å². The Morgan fingerprint density at radius 2 is 2.00 bits per heavy atom. The summed E-state index contributed by atoms with van der Waals surface area (Å²) in [4.78, 5) is 23.0. The van der Waals surface area contributed by atoms with Gasteiger partial charge in [-0.1, -0.05) is 32.0 Å². The zero-order valence-corrected chi connectivity index (χ0v) is 14.2. The highest BCUT2D eigenvalue weighted by Gasteiger charge is 2.21. The highest BCUT2D eigenvalue weighted by atomic mass is 16.4. The van der Waals surface area contributed by atoms with Crippen LogP contribution in [0.3, 0.4) is 0 Å². The van der Waals surface area contributed by atoms with E-state index >= 15 is 0 Å². The lowest BCUT2D eigenvalue weighted by Crippen LogP contribution is -2.26. The van der Waals surface area contributed by atoms with E-state index in [1.54, 1.807) is 6.20 Å². The largest absolute Gasteiger partial charge is 0.481 e. The van der Waals surface area contributed by atoms with E-state index in [0.29, 0.717) is 18.5 Å². The fraction of sp³-hybridized carbons (Fsp3) is 0.389. The molecule has 128 valence electrons.